The molecule has 10 heteroatoms. The number of anilines is 1. The Morgan fingerprint density at radius 3 is 2.46 bits per heavy atom. The van der Waals surface area contributed by atoms with Crippen LogP contribution in [0, 0.1) is 0 Å². The van der Waals surface area contributed by atoms with Gasteiger partial charge >= 0.3 is 0 Å². The van der Waals surface area contributed by atoms with Crippen LogP contribution >= 0.6 is 0 Å². The van der Waals surface area contributed by atoms with Crippen LogP contribution in [0.2, 0.25) is 0 Å². The van der Waals surface area contributed by atoms with E-state index >= 15 is 0 Å². The van der Waals surface area contributed by atoms with Crippen LogP contribution in [-0.4, -0.2) is 29.3 Å². The largest absolute Gasteiger partial charge is 0.324 e. The summed E-state index contributed by atoms with van der Waals surface area (Å²) in [5.41, 5.74) is 0.374. The molecule has 0 saturated carbocycles. The van der Waals surface area contributed by atoms with Gasteiger partial charge in [-0.05, 0) is 43.3 Å². The topological polar surface area (TPSA) is 137 Å². The SMILES string of the molecule is CC(C(=O)Nc1ccc(S(N)(=O)=O)cc1)n1nnc2ccccc2c1=O. The molecule has 0 spiro atoms. The van der Waals surface area contributed by atoms with Crippen LogP contribution in [0.15, 0.2) is 58.2 Å². The molecule has 3 rings (SSSR count). The zero-order valence-electron chi connectivity index (χ0n) is 13.7. The Balaban J connectivity index is 1.84. The van der Waals surface area contributed by atoms with Crippen molar-refractivity contribution >= 4 is 32.5 Å². The zero-order valence-corrected chi connectivity index (χ0v) is 14.5. The number of primary sulfonamides is 1. The lowest BCUT2D eigenvalue weighted by Crippen LogP contribution is -2.34. The number of benzene rings is 2. The molecule has 1 unspecified atom stereocenters. The summed E-state index contributed by atoms with van der Waals surface area (Å²) in [6.45, 7) is 1.51. The van der Waals surface area contributed by atoms with Crippen LogP contribution in [0.4, 0.5) is 5.69 Å². The Morgan fingerprint density at radius 1 is 1.15 bits per heavy atom. The molecular formula is C16H15N5O4S. The third-order valence-corrected chi connectivity index (χ3v) is 4.72. The Morgan fingerprint density at radius 2 is 1.81 bits per heavy atom. The number of amides is 1. The molecule has 1 amide bonds. The molecule has 26 heavy (non-hydrogen) atoms. The third-order valence-electron chi connectivity index (χ3n) is 3.79. The highest BCUT2D eigenvalue weighted by molar-refractivity contribution is 7.89. The number of fused-ring (bicyclic) bond motifs is 1. The quantitative estimate of drug-likeness (QED) is 0.688. The van der Waals surface area contributed by atoms with Gasteiger partial charge in [-0.25, -0.2) is 13.6 Å². The first-order chi connectivity index (χ1) is 12.3. The average molecular weight is 373 g/mol. The molecule has 134 valence electrons. The standard InChI is InChI=1S/C16H15N5O4S/c1-10(21-16(23)13-4-2-3-5-14(13)19-20-21)15(22)18-11-6-8-12(9-7-11)26(17,24)25/h2-10H,1H3,(H,18,22)(H2,17,24,25). The highest BCUT2D eigenvalue weighted by Gasteiger charge is 2.19. The number of nitrogens with two attached hydrogens (primary N) is 1. The van der Waals surface area contributed by atoms with Crippen LogP contribution in [0.1, 0.15) is 13.0 Å². The van der Waals surface area contributed by atoms with Crippen LogP contribution in [0.5, 0.6) is 0 Å². The second-order valence-corrected chi connectivity index (χ2v) is 7.15. The molecule has 0 bridgehead atoms. The lowest BCUT2D eigenvalue weighted by molar-refractivity contribution is -0.119. The number of aromatic nitrogens is 3. The second-order valence-electron chi connectivity index (χ2n) is 5.59. The minimum absolute atomic E-state index is 0.0693. The first-order valence-electron chi connectivity index (χ1n) is 7.55. The zero-order chi connectivity index (χ0) is 18.9. The van der Waals surface area contributed by atoms with Crippen molar-refractivity contribution in [1.29, 1.82) is 0 Å². The molecule has 0 saturated heterocycles. The van der Waals surface area contributed by atoms with Crippen molar-refractivity contribution in [3.8, 4) is 0 Å². The molecular weight excluding hydrogens is 358 g/mol. The van der Waals surface area contributed by atoms with Gasteiger partial charge in [-0.2, -0.15) is 4.68 Å². The van der Waals surface area contributed by atoms with Crippen LogP contribution < -0.4 is 16.0 Å². The molecule has 3 aromatic rings. The van der Waals surface area contributed by atoms with Crippen molar-refractivity contribution < 1.29 is 13.2 Å². The molecule has 1 aromatic heterocycles. The minimum Gasteiger partial charge on any atom is -0.324 e. The van der Waals surface area contributed by atoms with Gasteiger partial charge in [0.05, 0.1) is 10.3 Å². The Hall–Kier alpha value is -3.11. The normalized spacial score (nSPS) is 12.7. The van der Waals surface area contributed by atoms with E-state index in [0.717, 1.165) is 4.68 Å². The predicted molar refractivity (Wildman–Crippen MR) is 95.0 cm³/mol. The number of carbonyl (C=O) groups excluding carboxylic acids is 1. The highest BCUT2D eigenvalue weighted by atomic mass is 32.2. The monoisotopic (exact) mass is 373 g/mol. The van der Waals surface area contributed by atoms with Gasteiger partial charge in [-0.15, -0.1) is 5.10 Å². The van der Waals surface area contributed by atoms with Gasteiger partial charge in [-0.3, -0.25) is 9.59 Å². The maximum Gasteiger partial charge on any atom is 0.278 e. The Labute approximate surface area is 148 Å². The number of carbonyl (C=O) groups is 1. The van der Waals surface area contributed by atoms with Crippen molar-refractivity contribution in [2.45, 2.75) is 17.9 Å². The molecule has 0 aliphatic rings. The Kier molecular flexibility index (Phi) is 4.53. The number of hydrogen-bond acceptors (Lipinski definition) is 6. The van der Waals surface area contributed by atoms with Crippen LogP contribution in [0.25, 0.3) is 10.9 Å². The van der Waals surface area contributed by atoms with Crippen LogP contribution in [0.3, 0.4) is 0 Å². The van der Waals surface area contributed by atoms with Gasteiger partial charge in [0.25, 0.3) is 5.56 Å². The number of rotatable bonds is 4. The van der Waals surface area contributed by atoms with E-state index in [1.54, 1.807) is 24.3 Å². The lowest BCUT2D eigenvalue weighted by atomic mass is 10.2. The van der Waals surface area contributed by atoms with E-state index in [2.05, 4.69) is 15.6 Å². The summed E-state index contributed by atoms with van der Waals surface area (Å²) in [7, 11) is -3.81. The molecule has 0 fully saturated rings. The number of sulfonamides is 1. The summed E-state index contributed by atoms with van der Waals surface area (Å²) in [4.78, 5) is 24.8. The summed E-state index contributed by atoms with van der Waals surface area (Å²) < 4.78 is 23.5. The average Bonchev–Trinajstić information content (AvgIpc) is 2.61. The van der Waals surface area contributed by atoms with Crippen molar-refractivity contribution in [2.24, 2.45) is 5.14 Å². The fourth-order valence-corrected chi connectivity index (χ4v) is 2.86. The van der Waals surface area contributed by atoms with E-state index in [1.165, 1.54) is 31.2 Å². The summed E-state index contributed by atoms with van der Waals surface area (Å²) in [5, 5.41) is 15.7. The smallest absolute Gasteiger partial charge is 0.278 e. The summed E-state index contributed by atoms with van der Waals surface area (Å²) >= 11 is 0. The molecule has 9 nitrogen and oxygen atoms in total. The van der Waals surface area contributed by atoms with Gasteiger partial charge in [0.1, 0.15) is 11.6 Å². The van der Waals surface area contributed by atoms with Gasteiger partial charge in [0.2, 0.25) is 15.9 Å². The van der Waals surface area contributed by atoms with Crippen LogP contribution in [-0.2, 0) is 14.8 Å². The Bertz CT molecular complexity index is 1140. The molecule has 1 atom stereocenters. The van der Waals surface area contributed by atoms with Gasteiger partial charge in [-0.1, -0.05) is 17.3 Å². The summed E-state index contributed by atoms with van der Waals surface area (Å²) in [6.07, 6.45) is 0. The predicted octanol–water partition coefficient (Wildman–Crippen LogP) is 0.639. The van der Waals surface area contributed by atoms with Crippen molar-refractivity contribution in [2.75, 3.05) is 5.32 Å². The summed E-state index contributed by atoms with van der Waals surface area (Å²) in [5.74, 6) is -0.500. The van der Waals surface area contributed by atoms with Crippen molar-refractivity contribution in [3.05, 3.63) is 58.9 Å². The fraction of sp³-hybridized carbons (Fsp3) is 0.125. The molecule has 0 aliphatic heterocycles. The van der Waals surface area contributed by atoms with E-state index in [-0.39, 0.29) is 4.90 Å². The molecule has 0 aliphatic carbocycles. The van der Waals surface area contributed by atoms with Crippen molar-refractivity contribution in [1.82, 2.24) is 15.0 Å². The minimum atomic E-state index is -3.81. The maximum absolute atomic E-state index is 12.5. The number of hydrogen-bond donors (Lipinski definition) is 2. The molecule has 3 N–H and O–H groups in total. The number of nitrogens with zero attached hydrogens (tertiary/aromatic N) is 3. The van der Waals surface area contributed by atoms with E-state index in [0.29, 0.717) is 16.6 Å². The first kappa shape index (κ1) is 17.7. The number of nitrogens with one attached hydrogen (secondary N) is 1. The molecule has 0 radical (unpaired) electrons. The summed E-state index contributed by atoms with van der Waals surface area (Å²) in [6, 6.07) is 11.1. The highest BCUT2D eigenvalue weighted by Crippen LogP contribution is 2.14. The maximum atomic E-state index is 12.5. The van der Waals surface area contributed by atoms with Gasteiger partial charge in [0, 0.05) is 5.69 Å². The van der Waals surface area contributed by atoms with E-state index < -0.39 is 27.5 Å². The van der Waals surface area contributed by atoms with Gasteiger partial charge < -0.3 is 5.32 Å². The second kappa shape index (κ2) is 6.65. The molecule has 1 heterocycles. The van der Waals surface area contributed by atoms with Gasteiger partial charge in [0.15, 0.2) is 0 Å². The van der Waals surface area contributed by atoms with Crippen molar-refractivity contribution in [3.63, 3.8) is 0 Å². The third kappa shape index (κ3) is 3.46. The first-order valence-corrected chi connectivity index (χ1v) is 9.10. The lowest BCUT2D eigenvalue weighted by Gasteiger charge is -2.14. The van der Waals surface area contributed by atoms with E-state index in [1.807, 2.05) is 0 Å². The fourth-order valence-electron chi connectivity index (χ4n) is 2.34. The molecule has 2 aromatic carbocycles. The van der Waals surface area contributed by atoms with E-state index in [4.69, 9.17) is 5.14 Å². The van der Waals surface area contributed by atoms with E-state index in [9.17, 15) is 18.0 Å².